The van der Waals surface area contributed by atoms with Crippen molar-refractivity contribution in [1.82, 2.24) is 15.1 Å². The van der Waals surface area contributed by atoms with Crippen LogP contribution in [0.15, 0.2) is 0 Å². The normalized spacial score (nSPS) is 24.2. The molecular formula is C16H29N3O4S. The Bertz CT molecular complexity index is 550. The summed E-state index contributed by atoms with van der Waals surface area (Å²) in [6, 6.07) is -0.0597. The molecule has 7 nitrogen and oxygen atoms in total. The van der Waals surface area contributed by atoms with Crippen LogP contribution in [0.1, 0.15) is 38.5 Å². The zero-order valence-corrected chi connectivity index (χ0v) is 15.3. The second-order valence-corrected chi connectivity index (χ2v) is 9.10. The van der Waals surface area contributed by atoms with Gasteiger partial charge in [-0.05, 0) is 32.7 Å². The van der Waals surface area contributed by atoms with E-state index in [4.69, 9.17) is 0 Å². The maximum atomic E-state index is 12.0. The van der Waals surface area contributed by atoms with Gasteiger partial charge < -0.3 is 10.2 Å². The number of rotatable bonds is 7. The summed E-state index contributed by atoms with van der Waals surface area (Å²) in [5, 5.41) is 2.86. The van der Waals surface area contributed by atoms with E-state index in [9.17, 15) is 18.0 Å². The predicted molar refractivity (Wildman–Crippen MR) is 92.4 cm³/mol. The number of hydrogen-bond donors (Lipinski definition) is 1. The van der Waals surface area contributed by atoms with E-state index in [1.165, 1.54) is 0 Å². The molecule has 0 saturated carbocycles. The molecule has 0 spiro atoms. The highest BCUT2D eigenvalue weighted by Crippen LogP contribution is 2.16. The molecule has 1 atom stereocenters. The van der Waals surface area contributed by atoms with Gasteiger partial charge in [0.1, 0.15) is 0 Å². The van der Waals surface area contributed by atoms with Crippen molar-refractivity contribution in [2.45, 2.75) is 44.6 Å². The summed E-state index contributed by atoms with van der Waals surface area (Å²) in [6.45, 7) is 2.27. The van der Waals surface area contributed by atoms with E-state index in [-0.39, 0.29) is 35.9 Å². The van der Waals surface area contributed by atoms with Gasteiger partial charge in [0.2, 0.25) is 11.8 Å². The summed E-state index contributed by atoms with van der Waals surface area (Å²) in [5.41, 5.74) is 0. The maximum Gasteiger partial charge on any atom is 0.234 e. The highest BCUT2D eigenvalue weighted by molar-refractivity contribution is 7.91. The number of hydrogen-bond acceptors (Lipinski definition) is 5. The van der Waals surface area contributed by atoms with Crippen LogP contribution in [0.4, 0.5) is 0 Å². The minimum atomic E-state index is -2.93. The lowest BCUT2D eigenvalue weighted by atomic mass is 10.2. The van der Waals surface area contributed by atoms with Crippen molar-refractivity contribution in [3.8, 4) is 0 Å². The van der Waals surface area contributed by atoms with Gasteiger partial charge in [-0.3, -0.25) is 14.5 Å². The molecule has 2 heterocycles. The maximum absolute atomic E-state index is 12.0. The molecule has 24 heavy (non-hydrogen) atoms. The van der Waals surface area contributed by atoms with Gasteiger partial charge >= 0.3 is 0 Å². The number of nitrogens with one attached hydrogen (secondary N) is 1. The SMILES string of the molecule is CN(CC(=O)NCCCN1CCCCCC1=O)[C@@H]1CCS(=O)(=O)C1. The van der Waals surface area contributed by atoms with Crippen LogP contribution in [0, 0.1) is 0 Å². The number of carbonyl (C=O) groups excluding carboxylic acids is 2. The fourth-order valence-electron chi connectivity index (χ4n) is 3.31. The molecule has 0 aromatic heterocycles. The average Bonchev–Trinajstić information content (AvgIpc) is 2.76. The first kappa shape index (κ1) is 19.2. The monoisotopic (exact) mass is 359 g/mol. The van der Waals surface area contributed by atoms with Crippen molar-refractivity contribution in [2.24, 2.45) is 0 Å². The Morgan fingerprint density at radius 3 is 2.83 bits per heavy atom. The molecule has 2 amide bonds. The highest BCUT2D eigenvalue weighted by Gasteiger charge is 2.31. The van der Waals surface area contributed by atoms with Gasteiger partial charge in [0.25, 0.3) is 0 Å². The first-order chi connectivity index (χ1) is 11.4. The van der Waals surface area contributed by atoms with Gasteiger partial charge in [0.05, 0.1) is 18.1 Å². The second-order valence-electron chi connectivity index (χ2n) is 6.87. The Morgan fingerprint density at radius 1 is 1.33 bits per heavy atom. The zero-order chi connectivity index (χ0) is 17.6. The van der Waals surface area contributed by atoms with Crippen molar-refractivity contribution >= 4 is 21.7 Å². The molecular weight excluding hydrogens is 330 g/mol. The van der Waals surface area contributed by atoms with Crippen LogP contribution in [0.5, 0.6) is 0 Å². The summed E-state index contributed by atoms with van der Waals surface area (Å²) < 4.78 is 23.0. The molecule has 2 aliphatic heterocycles. The van der Waals surface area contributed by atoms with Gasteiger partial charge in [-0.2, -0.15) is 0 Å². The van der Waals surface area contributed by atoms with E-state index in [0.29, 0.717) is 25.9 Å². The fourth-order valence-corrected chi connectivity index (χ4v) is 5.11. The van der Waals surface area contributed by atoms with Crippen LogP contribution in [0.25, 0.3) is 0 Å². The largest absolute Gasteiger partial charge is 0.355 e. The van der Waals surface area contributed by atoms with Gasteiger partial charge in [0.15, 0.2) is 9.84 Å². The Labute approximate surface area is 144 Å². The molecule has 138 valence electrons. The lowest BCUT2D eigenvalue weighted by Gasteiger charge is -2.23. The third kappa shape index (κ3) is 6.05. The van der Waals surface area contributed by atoms with E-state index in [1.807, 2.05) is 9.80 Å². The summed E-state index contributed by atoms with van der Waals surface area (Å²) in [6.07, 6.45) is 5.15. The van der Waals surface area contributed by atoms with E-state index >= 15 is 0 Å². The van der Waals surface area contributed by atoms with Crippen molar-refractivity contribution in [3.05, 3.63) is 0 Å². The summed E-state index contributed by atoms with van der Waals surface area (Å²) in [5.74, 6) is 0.492. The first-order valence-corrected chi connectivity index (χ1v) is 10.6. The predicted octanol–water partition coefficient (Wildman–Crippen LogP) is 0.0142. The van der Waals surface area contributed by atoms with Crippen LogP contribution >= 0.6 is 0 Å². The van der Waals surface area contributed by atoms with Gasteiger partial charge in [0, 0.05) is 32.1 Å². The van der Waals surface area contributed by atoms with Crippen molar-refractivity contribution in [2.75, 3.05) is 44.7 Å². The fraction of sp³-hybridized carbons (Fsp3) is 0.875. The smallest absolute Gasteiger partial charge is 0.234 e. The zero-order valence-electron chi connectivity index (χ0n) is 14.5. The van der Waals surface area contributed by atoms with Crippen LogP contribution in [-0.4, -0.2) is 80.8 Å². The Kier molecular flexibility index (Phi) is 7.03. The molecule has 0 bridgehead atoms. The molecule has 2 aliphatic rings. The average molecular weight is 359 g/mol. The summed E-state index contributed by atoms with van der Waals surface area (Å²) in [7, 11) is -1.14. The molecule has 1 N–H and O–H groups in total. The number of nitrogens with zero attached hydrogens (tertiary/aromatic N) is 2. The lowest BCUT2D eigenvalue weighted by molar-refractivity contribution is -0.130. The number of likely N-dealkylation sites (tertiary alicyclic amines) is 1. The number of carbonyl (C=O) groups is 2. The standard InChI is InChI=1S/C16H29N3O4S/c1-18(14-7-11-24(22,23)13-14)12-15(20)17-8-5-10-19-9-4-2-3-6-16(19)21/h14H,2-13H2,1H3,(H,17,20)/t14-/m1/s1. The summed E-state index contributed by atoms with van der Waals surface area (Å²) in [4.78, 5) is 27.5. The molecule has 0 unspecified atom stereocenters. The molecule has 0 aliphatic carbocycles. The van der Waals surface area contributed by atoms with E-state index in [2.05, 4.69) is 5.32 Å². The quantitative estimate of drug-likeness (QED) is 0.647. The number of sulfone groups is 1. The molecule has 2 fully saturated rings. The van der Waals surface area contributed by atoms with E-state index < -0.39 is 9.84 Å². The van der Waals surface area contributed by atoms with Crippen LogP contribution in [0.2, 0.25) is 0 Å². The Balaban J connectivity index is 1.62. The molecule has 2 rings (SSSR count). The van der Waals surface area contributed by atoms with E-state index in [0.717, 1.165) is 32.2 Å². The number of likely N-dealkylation sites (N-methyl/N-ethyl adjacent to an activating group) is 1. The molecule has 0 radical (unpaired) electrons. The second kappa shape index (κ2) is 8.80. The van der Waals surface area contributed by atoms with Crippen LogP contribution < -0.4 is 5.32 Å². The summed E-state index contributed by atoms with van der Waals surface area (Å²) >= 11 is 0. The lowest BCUT2D eigenvalue weighted by Crippen LogP contribution is -2.42. The molecule has 2 saturated heterocycles. The van der Waals surface area contributed by atoms with Crippen LogP contribution in [-0.2, 0) is 19.4 Å². The van der Waals surface area contributed by atoms with E-state index in [1.54, 1.807) is 7.05 Å². The first-order valence-electron chi connectivity index (χ1n) is 8.82. The van der Waals surface area contributed by atoms with Gasteiger partial charge in [-0.15, -0.1) is 0 Å². The molecule has 8 heteroatoms. The minimum absolute atomic E-state index is 0.0597. The van der Waals surface area contributed by atoms with Gasteiger partial charge in [-0.25, -0.2) is 8.42 Å². The van der Waals surface area contributed by atoms with Crippen molar-refractivity contribution in [1.29, 1.82) is 0 Å². The number of amides is 2. The third-order valence-corrected chi connectivity index (χ3v) is 6.57. The minimum Gasteiger partial charge on any atom is -0.355 e. The van der Waals surface area contributed by atoms with Crippen molar-refractivity contribution in [3.63, 3.8) is 0 Å². The topological polar surface area (TPSA) is 86.8 Å². The van der Waals surface area contributed by atoms with Crippen LogP contribution in [0.3, 0.4) is 0 Å². The third-order valence-electron chi connectivity index (χ3n) is 4.82. The van der Waals surface area contributed by atoms with Crippen molar-refractivity contribution < 1.29 is 18.0 Å². The molecule has 0 aromatic rings. The highest BCUT2D eigenvalue weighted by atomic mass is 32.2. The molecule has 0 aromatic carbocycles. The Hall–Kier alpha value is -1.15. The Morgan fingerprint density at radius 2 is 2.12 bits per heavy atom. The van der Waals surface area contributed by atoms with Gasteiger partial charge in [-0.1, -0.05) is 6.42 Å².